The van der Waals surface area contributed by atoms with Gasteiger partial charge in [0.15, 0.2) is 0 Å². The van der Waals surface area contributed by atoms with Crippen molar-refractivity contribution in [3.05, 3.63) is 71.8 Å². The van der Waals surface area contributed by atoms with E-state index in [1.54, 1.807) is 0 Å². The van der Waals surface area contributed by atoms with Crippen LogP contribution in [0, 0.1) is 5.92 Å². The summed E-state index contributed by atoms with van der Waals surface area (Å²) in [5, 5.41) is 3.41. The Balaban J connectivity index is 1.81. The van der Waals surface area contributed by atoms with Gasteiger partial charge in [0, 0.05) is 12.6 Å². The van der Waals surface area contributed by atoms with Crippen molar-refractivity contribution in [2.45, 2.75) is 37.6 Å². The summed E-state index contributed by atoms with van der Waals surface area (Å²) in [5.74, 6) is 0.410. The monoisotopic (exact) mass is 350 g/mol. The normalized spacial score (nSPS) is 20.3. The average Bonchev–Trinajstić information content (AvgIpc) is 2.65. The smallest absolute Gasteiger partial charge is 0.232 e. The Bertz CT molecular complexity index is 644. The van der Waals surface area contributed by atoms with E-state index in [0.29, 0.717) is 5.92 Å². The zero-order valence-electron chi connectivity index (χ0n) is 15.9. The van der Waals surface area contributed by atoms with Crippen LogP contribution in [0.1, 0.15) is 42.7 Å². The number of hydrogen-bond donors (Lipinski definition) is 1. The predicted octanol–water partition coefficient (Wildman–Crippen LogP) is 4.06. The number of rotatable bonds is 6. The van der Waals surface area contributed by atoms with Gasteiger partial charge >= 0.3 is 0 Å². The largest absolute Gasteiger partial charge is 0.352 e. The first kappa shape index (κ1) is 18.7. The van der Waals surface area contributed by atoms with Gasteiger partial charge in [0.1, 0.15) is 0 Å². The van der Waals surface area contributed by atoms with Crippen molar-refractivity contribution in [1.29, 1.82) is 0 Å². The van der Waals surface area contributed by atoms with E-state index in [2.05, 4.69) is 48.6 Å². The highest BCUT2D eigenvalue weighted by molar-refractivity contribution is 5.87. The van der Waals surface area contributed by atoms with E-state index < -0.39 is 0 Å². The molecule has 1 amide bonds. The molecule has 0 aliphatic heterocycles. The Morgan fingerprint density at radius 3 is 2.04 bits per heavy atom. The van der Waals surface area contributed by atoms with Gasteiger partial charge in [0.05, 0.1) is 5.92 Å². The fraction of sp³-hybridized carbons (Fsp3) is 0.435. The number of hydrogen-bond acceptors (Lipinski definition) is 2. The zero-order valence-corrected chi connectivity index (χ0v) is 15.9. The van der Waals surface area contributed by atoms with Crippen LogP contribution in [0.5, 0.6) is 0 Å². The molecule has 3 nitrogen and oxygen atoms in total. The van der Waals surface area contributed by atoms with Gasteiger partial charge in [-0.1, -0.05) is 73.5 Å². The summed E-state index contributed by atoms with van der Waals surface area (Å²) >= 11 is 0. The van der Waals surface area contributed by atoms with E-state index >= 15 is 0 Å². The average molecular weight is 351 g/mol. The lowest BCUT2D eigenvalue weighted by Crippen LogP contribution is -2.47. The van der Waals surface area contributed by atoms with E-state index in [1.165, 1.54) is 19.3 Å². The number of nitrogens with zero attached hydrogens (tertiary/aromatic N) is 1. The Labute approximate surface area is 157 Å². The number of nitrogens with one attached hydrogen (secondary N) is 1. The molecule has 0 spiro atoms. The third-order valence-electron chi connectivity index (χ3n) is 5.36. The lowest BCUT2D eigenvalue weighted by molar-refractivity contribution is -0.123. The van der Waals surface area contributed by atoms with Crippen molar-refractivity contribution >= 4 is 5.91 Å². The molecule has 3 heteroatoms. The maximum atomic E-state index is 13.3. The SMILES string of the molecule is CN(C)CC1CCCCC1NC(=O)C(c1ccccc1)c1ccccc1. The molecule has 26 heavy (non-hydrogen) atoms. The fourth-order valence-electron chi connectivity index (χ4n) is 4.14. The number of amides is 1. The van der Waals surface area contributed by atoms with Crippen molar-refractivity contribution in [3.8, 4) is 0 Å². The Morgan fingerprint density at radius 1 is 0.962 bits per heavy atom. The molecule has 3 rings (SSSR count). The van der Waals surface area contributed by atoms with Crippen molar-refractivity contribution in [1.82, 2.24) is 10.2 Å². The van der Waals surface area contributed by atoms with Crippen molar-refractivity contribution in [3.63, 3.8) is 0 Å². The molecule has 0 saturated heterocycles. The summed E-state index contributed by atoms with van der Waals surface area (Å²) in [6.07, 6.45) is 4.76. The maximum Gasteiger partial charge on any atom is 0.232 e. The molecule has 0 radical (unpaired) electrons. The minimum absolute atomic E-state index is 0.123. The topological polar surface area (TPSA) is 32.3 Å². The minimum Gasteiger partial charge on any atom is -0.352 e. The van der Waals surface area contributed by atoms with Crippen LogP contribution in [-0.4, -0.2) is 37.5 Å². The van der Waals surface area contributed by atoms with Crippen LogP contribution in [-0.2, 0) is 4.79 Å². The highest BCUT2D eigenvalue weighted by Gasteiger charge is 2.30. The molecular formula is C23H30N2O. The maximum absolute atomic E-state index is 13.3. The molecule has 1 aliphatic carbocycles. The standard InChI is InChI=1S/C23H30N2O/c1-25(2)17-20-15-9-10-16-21(20)24-23(26)22(18-11-5-3-6-12-18)19-13-7-4-8-14-19/h3-8,11-14,20-22H,9-10,15-17H2,1-2H3,(H,24,26). The van der Waals surface area contributed by atoms with E-state index in [4.69, 9.17) is 0 Å². The third kappa shape index (κ3) is 4.73. The molecule has 138 valence electrons. The molecule has 2 aromatic carbocycles. The molecular weight excluding hydrogens is 320 g/mol. The number of benzene rings is 2. The van der Waals surface area contributed by atoms with Crippen LogP contribution in [0.4, 0.5) is 0 Å². The van der Waals surface area contributed by atoms with Crippen molar-refractivity contribution < 1.29 is 4.79 Å². The van der Waals surface area contributed by atoms with E-state index in [1.807, 2.05) is 36.4 Å². The van der Waals surface area contributed by atoms with Crippen molar-refractivity contribution in [2.24, 2.45) is 5.92 Å². The molecule has 2 atom stereocenters. The van der Waals surface area contributed by atoms with Gasteiger partial charge in [-0.05, 0) is 44.0 Å². The van der Waals surface area contributed by atoms with Crippen LogP contribution < -0.4 is 5.32 Å². The molecule has 1 fully saturated rings. The lowest BCUT2D eigenvalue weighted by atomic mass is 9.83. The first-order valence-electron chi connectivity index (χ1n) is 9.70. The van der Waals surface area contributed by atoms with Crippen LogP contribution in [0.3, 0.4) is 0 Å². The quantitative estimate of drug-likeness (QED) is 0.852. The first-order valence-corrected chi connectivity index (χ1v) is 9.70. The van der Waals surface area contributed by atoms with E-state index in [-0.39, 0.29) is 17.9 Å². The van der Waals surface area contributed by atoms with E-state index in [9.17, 15) is 4.79 Å². The summed E-state index contributed by atoms with van der Waals surface area (Å²) in [6.45, 7) is 1.03. The molecule has 1 aliphatic rings. The zero-order chi connectivity index (χ0) is 18.4. The Hall–Kier alpha value is -2.13. The molecule has 0 heterocycles. The van der Waals surface area contributed by atoms with Gasteiger partial charge in [0.25, 0.3) is 0 Å². The second-order valence-electron chi connectivity index (χ2n) is 7.68. The Morgan fingerprint density at radius 2 is 1.50 bits per heavy atom. The summed E-state index contributed by atoms with van der Waals surface area (Å²) in [5.41, 5.74) is 2.10. The molecule has 1 N–H and O–H groups in total. The van der Waals surface area contributed by atoms with Gasteiger partial charge in [0.2, 0.25) is 5.91 Å². The molecule has 0 bridgehead atoms. The molecule has 1 saturated carbocycles. The van der Waals surface area contributed by atoms with Gasteiger partial charge in [-0.15, -0.1) is 0 Å². The molecule has 2 aromatic rings. The Kier molecular flexibility index (Phi) is 6.45. The van der Waals surface area contributed by atoms with Crippen LogP contribution >= 0.6 is 0 Å². The third-order valence-corrected chi connectivity index (χ3v) is 5.36. The van der Waals surface area contributed by atoms with Crippen LogP contribution in [0.2, 0.25) is 0 Å². The summed E-state index contributed by atoms with van der Waals surface area (Å²) < 4.78 is 0. The summed E-state index contributed by atoms with van der Waals surface area (Å²) in [4.78, 5) is 15.6. The lowest BCUT2D eigenvalue weighted by Gasteiger charge is -2.35. The highest BCUT2D eigenvalue weighted by Crippen LogP contribution is 2.28. The fourth-order valence-corrected chi connectivity index (χ4v) is 4.14. The highest BCUT2D eigenvalue weighted by atomic mass is 16.2. The second kappa shape index (κ2) is 9.00. The minimum atomic E-state index is -0.251. The van der Waals surface area contributed by atoms with Gasteiger partial charge in [-0.2, -0.15) is 0 Å². The number of carbonyl (C=O) groups excluding carboxylic acids is 1. The van der Waals surface area contributed by atoms with Crippen LogP contribution in [0.15, 0.2) is 60.7 Å². The summed E-state index contributed by atoms with van der Waals surface area (Å²) in [6, 6.07) is 20.5. The second-order valence-corrected chi connectivity index (χ2v) is 7.68. The summed E-state index contributed by atoms with van der Waals surface area (Å²) in [7, 11) is 4.23. The van der Waals surface area contributed by atoms with Crippen molar-refractivity contribution in [2.75, 3.05) is 20.6 Å². The van der Waals surface area contributed by atoms with Gasteiger partial charge in [-0.25, -0.2) is 0 Å². The van der Waals surface area contributed by atoms with Gasteiger partial charge in [-0.3, -0.25) is 4.79 Å². The predicted molar refractivity (Wildman–Crippen MR) is 107 cm³/mol. The molecule has 0 aromatic heterocycles. The van der Waals surface area contributed by atoms with Crippen LogP contribution in [0.25, 0.3) is 0 Å². The number of carbonyl (C=O) groups is 1. The first-order chi connectivity index (χ1) is 12.6. The molecule has 2 unspecified atom stereocenters. The van der Waals surface area contributed by atoms with E-state index in [0.717, 1.165) is 24.1 Å². The van der Waals surface area contributed by atoms with Gasteiger partial charge < -0.3 is 10.2 Å².